The summed E-state index contributed by atoms with van der Waals surface area (Å²) in [5.41, 5.74) is 4.19. The quantitative estimate of drug-likeness (QED) is 0.257. The lowest BCUT2D eigenvalue weighted by atomic mass is 9.89. The van der Waals surface area contributed by atoms with Gasteiger partial charge in [-0.05, 0) is 93.0 Å². The predicted molar refractivity (Wildman–Crippen MR) is 168 cm³/mol. The number of anilines is 3. The van der Waals surface area contributed by atoms with Gasteiger partial charge in [0.1, 0.15) is 0 Å². The number of carbonyl (C=O) groups is 3. The third kappa shape index (κ3) is 8.35. The van der Waals surface area contributed by atoms with Gasteiger partial charge in [-0.15, -0.1) is 0 Å². The zero-order valence-electron chi connectivity index (χ0n) is 24.6. The number of hydrogen-bond acceptors (Lipinski definition) is 6. The highest BCUT2D eigenvalue weighted by atomic mass is 16.5. The fourth-order valence-electron chi connectivity index (χ4n) is 5.70. The highest BCUT2D eigenvalue weighted by molar-refractivity contribution is 6.04. The van der Waals surface area contributed by atoms with E-state index in [9.17, 15) is 14.4 Å². The van der Waals surface area contributed by atoms with Crippen LogP contribution in [0.25, 0.3) is 0 Å². The summed E-state index contributed by atoms with van der Waals surface area (Å²) in [4.78, 5) is 40.5. The molecule has 0 radical (unpaired) electrons. The fraction of sp³-hybridized carbons (Fsp3) is 0.382. The Morgan fingerprint density at radius 3 is 2.33 bits per heavy atom. The lowest BCUT2D eigenvalue weighted by Gasteiger charge is -2.35. The van der Waals surface area contributed by atoms with Crippen LogP contribution in [0.1, 0.15) is 58.9 Å². The number of urea groups is 1. The summed E-state index contributed by atoms with van der Waals surface area (Å²) in [5, 5.41) is 8.66. The molecule has 9 nitrogen and oxygen atoms in total. The molecule has 2 aliphatic rings. The molecular formula is C34H40N4O5. The maximum Gasteiger partial charge on any atom is 0.338 e. The number of rotatable bonds is 10. The summed E-state index contributed by atoms with van der Waals surface area (Å²) in [6, 6.07) is 22.1. The minimum atomic E-state index is -0.455. The van der Waals surface area contributed by atoms with Crippen molar-refractivity contribution in [3.8, 4) is 0 Å². The van der Waals surface area contributed by atoms with Gasteiger partial charge in [-0.25, -0.2) is 9.59 Å². The van der Waals surface area contributed by atoms with E-state index in [-0.39, 0.29) is 12.0 Å². The minimum absolute atomic E-state index is 0.0310. The molecule has 3 amide bonds. The van der Waals surface area contributed by atoms with Crippen LogP contribution in [0.3, 0.4) is 0 Å². The number of piperidine rings is 1. The third-order valence-electron chi connectivity index (χ3n) is 7.99. The Morgan fingerprint density at radius 1 is 0.907 bits per heavy atom. The third-order valence-corrected chi connectivity index (χ3v) is 7.99. The Kier molecular flexibility index (Phi) is 10.3. The number of nitrogens with zero attached hydrogens (tertiary/aromatic N) is 1. The van der Waals surface area contributed by atoms with Gasteiger partial charge in [0.2, 0.25) is 0 Å². The first-order valence-corrected chi connectivity index (χ1v) is 15.2. The van der Waals surface area contributed by atoms with Crippen molar-refractivity contribution in [2.45, 2.75) is 45.1 Å². The summed E-state index contributed by atoms with van der Waals surface area (Å²) in [6.45, 7) is 4.94. The van der Waals surface area contributed by atoms with Gasteiger partial charge in [0.25, 0.3) is 5.91 Å². The van der Waals surface area contributed by atoms with Crippen LogP contribution < -0.4 is 20.9 Å². The van der Waals surface area contributed by atoms with Gasteiger partial charge in [-0.1, -0.05) is 30.3 Å². The first kappa shape index (κ1) is 30.1. The average molecular weight is 585 g/mol. The second-order valence-corrected chi connectivity index (χ2v) is 11.1. The number of carbonyl (C=O) groups excluding carboxylic acids is 3. The molecule has 2 aliphatic heterocycles. The monoisotopic (exact) mass is 584 g/mol. The van der Waals surface area contributed by atoms with Crippen LogP contribution in [0.5, 0.6) is 0 Å². The molecule has 1 unspecified atom stereocenters. The van der Waals surface area contributed by atoms with E-state index in [2.05, 4.69) is 45.1 Å². The molecule has 0 bridgehead atoms. The molecule has 0 aromatic heterocycles. The molecular weight excluding hydrogens is 544 g/mol. The van der Waals surface area contributed by atoms with Gasteiger partial charge in [0, 0.05) is 43.3 Å². The summed E-state index contributed by atoms with van der Waals surface area (Å²) < 4.78 is 10.7. The van der Waals surface area contributed by atoms with Crippen molar-refractivity contribution in [2.75, 3.05) is 48.4 Å². The molecule has 9 heteroatoms. The smallest absolute Gasteiger partial charge is 0.338 e. The van der Waals surface area contributed by atoms with E-state index in [0.29, 0.717) is 41.6 Å². The van der Waals surface area contributed by atoms with Crippen molar-refractivity contribution in [3.05, 3.63) is 89.5 Å². The first-order valence-electron chi connectivity index (χ1n) is 15.2. The number of amides is 3. The van der Waals surface area contributed by atoms with Crippen molar-refractivity contribution in [1.29, 1.82) is 0 Å². The van der Waals surface area contributed by atoms with Gasteiger partial charge in [-0.3, -0.25) is 4.79 Å². The van der Waals surface area contributed by atoms with Crippen LogP contribution in [-0.2, 0) is 15.9 Å². The highest BCUT2D eigenvalue weighted by Crippen LogP contribution is 2.30. The number of esters is 1. The van der Waals surface area contributed by atoms with E-state index >= 15 is 0 Å². The van der Waals surface area contributed by atoms with E-state index in [0.717, 1.165) is 57.5 Å². The first-order chi connectivity index (χ1) is 21.0. The van der Waals surface area contributed by atoms with Crippen LogP contribution in [0.15, 0.2) is 72.8 Å². The van der Waals surface area contributed by atoms with Gasteiger partial charge in [0.05, 0.1) is 23.8 Å². The Bertz CT molecular complexity index is 1380. The maximum absolute atomic E-state index is 13.5. The molecule has 3 aromatic rings. The van der Waals surface area contributed by atoms with E-state index < -0.39 is 12.0 Å². The zero-order valence-corrected chi connectivity index (χ0v) is 24.6. The second kappa shape index (κ2) is 14.7. The van der Waals surface area contributed by atoms with Crippen molar-refractivity contribution < 1.29 is 23.9 Å². The largest absolute Gasteiger partial charge is 0.462 e. The summed E-state index contributed by atoms with van der Waals surface area (Å²) >= 11 is 0. The maximum atomic E-state index is 13.5. The van der Waals surface area contributed by atoms with Crippen molar-refractivity contribution in [1.82, 2.24) is 5.32 Å². The van der Waals surface area contributed by atoms with Crippen molar-refractivity contribution in [3.63, 3.8) is 0 Å². The number of hydrogen-bond donors (Lipinski definition) is 3. The Labute approximate surface area is 252 Å². The van der Waals surface area contributed by atoms with Crippen LogP contribution in [-0.4, -0.2) is 56.9 Å². The molecule has 3 N–H and O–H groups in total. The summed E-state index contributed by atoms with van der Waals surface area (Å²) in [6.07, 6.45) is 5.12. The van der Waals surface area contributed by atoms with E-state index in [1.165, 1.54) is 5.56 Å². The Balaban J connectivity index is 1.25. The molecule has 0 aliphatic carbocycles. The molecule has 5 rings (SSSR count). The standard InChI is InChI=1S/C34H40N4O5/c1-2-42-33(40)26-10-12-27(13-11-26)36-34(41)37-28-14-15-31(30(22-28)32(39)35-23-29-9-6-20-43-29)38-18-16-25(17-19-38)21-24-7-4-3-5-8-24/h3-5,7-8,10-15,22,25,29H,2,6,9,16-21,23H2,1H3,(H,35,39)(H2,36,37,41). The molecule has 0 saturated carbocycles. The van der Waals surface area contributed by atoms with Crippen molar-refractivity contribution >= 4 is 35.0 Å². The second-order valence-electron chi connectivity index (χ2n) is 11.1. The highest BCUT2D eigenvalue weighted by Gasteiger charge is 2.25. The minimum Gasteiger partial charge on any atom is -0.462 e. The summed E-state index contributed by atoms with van der Waals surface area (Å²) in [5.74, 6) is 0.00580. The molecule has 3 aromatic carbocycles. The van der Waals surface area contributed by atoms with Crippen LogP contribution >= 0.6 is 0 Å². The molecule has 1 atom stereocenters. The predicted octanol–water partition coefficient (Wildman–Crippen LogP) is 5.88. The number of nitrogens with one attached hydrogen (secondary N) is 3. The van der Waals surface area contributed by atoms with Crippen LogP contribution in [0, 0.1) is 5.92 Å². The molecule has 43 heavy (non-hydrogen) atoms. The fourth-order valence-corrected chi connectivity index (χ4v) is 5.70. The lowest BCUT2D eigenvalue weighted by Crippen LogP contribution is -2.37. The van der Waals surface area contributed by atoms with Crippen LogP contribution in [0.4, 0.5) is 21.9 Å². The normalized spacial score (nSPS) is 16.9. The van der Waals surface area contributed by atoms with Gasteiger partial charge in [0.15, 0.2) is 0 Å². The van der Waals surface area contributed by atoms with Gasteiger partial charge >= 0.3 is 12.0 Å². The van der Waals surface area contributed by atoms with E-state index in [4.69, 9.17) is 9.47 Å². The molecule has 2 heterocycles. The SMILES string of the molecule is CCOC(=O)c1ccc(NC(=O)Nc2ccc(N3CCC(Cc4ccccc4)CC3)c(C(=O)NCC3CCCO3)c2)cc1. The Morgan fingerprint density at radius 2 is 1.63 bits per heavy atom. The molecule has 2 fully saturated rings. The molecule has 2 saturated heterocycles. The van der Waals surface area contributed by atoms with Crippen LogP contribution in [0.2, 0.25) is 0 Å². The number of ether oxygens (including phenoxy) is 2. The summed E-state index contributed by atoms with van der Waals surface area (Å²) in [7, 11) is 0. The van der Waals surface area contributed by atoms with Crippen molar-refractivity contribution in [2.24, 2.45) is 5.92 Å². The van der Waals surface area contributed by atoms with E-state index in [1.54, 1.807) is 37.3 Å². The van der Waals surface area contributed by atoms with Gasteiger partial charge < -0.3 is 30.3 Å². The molecule has 226 valence electrons. The Hall–Kier alpha value is -4.37. The van der Waals surface area contributed by atoms with E-state index in [1.807, 2.05) is 18.2 Å². The topological polar surface area (TPSA) is 109 Å². The lowest BCUT2D eigenvalue weighted by molar-refractivity contribution is 0.0526. The molecule has 0 spiro atoms. The zero-order chi connectivity index (χ0) is 30.0. The average Bonchev–Trinajstić information content (AvgIpc) is 3.55. The van der Waals surface area contributed by atoms with Gasteiger partial charge in [-0.2, -0.15) is 0 Å². The number of benzene rings is 3.